The molecule has 1 rings (SSSR count). The van der Waals surface area contributed by atoms with Crippen LogP contribution in [-0.4, -0.2) is 17.9 Å². The van der Waals surface area contributed by atoms with E-state index in [0.717, 1.165) is 0 Å². The van der Waals surface area contributed by atoms with Gasteiger partial charge in [0.05, 0.1) is 5.69 Å². The molecule has 1 aromatic heterocycles. The molecule has 11 heavy (non-hydrogen) atoms. The topological polar surface area (TPSA) is 68.0 Å². The zero-order valence-electron chi connectivity index (χ0n) is 6.16. The van der Waals surface area contributed by atoms with Crippen LogP contribution in [0.3, 0.4) is 0 Å². The van der Waals surface area contributed by atoms with Crippen LogP contribution in [0.5, 0.6) is 0 Å². The summed E-state index contributed by atoms with van der Waals surface area (Å²) in [6.07, 6.45) is 1.53. The normalized spacial score (nSPS) is 9.18. The van der Waals surface area contributed by atoms with Crippen molar-refractivity contribution in [1.82, 2.24) is 4.98 Å². The van der Waals surface area contributed by atoms with Crippen molar-refractivity contribution < 1.29 is 4.79 Å². The lowest BCUT2D eigenvalue weighted by molar-refractivity contribution is 0.0996. The van der Waals surface area contributed by atoms with Gasteiger partial charge in [0.25, 0.3) is 5.91 Å². The highest BCUT2D eigenvalue weighted by Crippen LogP contribution is 2.08. The van der Waals surface area contributed by atoms with E-state index in [2.05, 4.69) is 10.3 Å². The first kappa shape index (κ1) is 7.53. The fourth-order valence-corrected chi connectivity index (χ4v) is 0.803. The molecule has 0 saturated carbocycles. The second-order valence-corrected chi connectivity index (χ2v) is 2.01. The van der Waals surface area contributed by atoms with Crippen LogP contribution in [0, 0.1) is 0 Å². The van der Waals surface area contributed by atoms with E-state index >= 15 is 0 Å². The van der Waals surface area contributed by atoms with Gasteiger partial charge < -0.3 is 11.1 Å². The summed E-state index contributed by atoms with van der Waals surface area (Å²) in [6.45, 7) is 0. The van der Waals surface area contributed by atoms with E-state index in [1.54, 1.807) is 19.2 Å². The summed E-state index contributed by atoms with van der Waals surface area (Å²) in [5.74, 6) is -0.519. The Balaban J connectivity index is 3.12. The Morgan fingerprint density at radius 3 is 2.91 bits per heavy atom. The minimum absolute atomic E-state index is 0.273. The summed E-state index contributed by atoms with van der Waals surface area (Å²) in [5, 5.41) is 2.81. The number of nitrogens with one attached hydrogen (secondary N) is 1. The van der Waals surface area contributed by atoms with Crippen molar-refractivity contribution in [3.8, 4) is 0 Å². The van der Waals surface area contributed by atoms with E-state index in [9.17, 15) is 4.79 Å². The number of aromatic nitrogens is 1. The molecule has 1 aromatic rings. The van der Waals surface area contributed by atoms with Gasteiger partial charge in [0, 0.05) is 13.2 Å². The predicted octanol–water partition coefficient (Wildman–Crippen LogP) is 0.222. The molecule has 0 fully saturated rings. The number of amides is 1. The first-order valence-corrected chi connectivity index (χ1v) is 3.18. The Morgan fingerprint density at radius 2 is 2.45 bits per heavy atom. The zero-order chi connectivity index (χ0) is 8.27. The molecule has 0 spiro atoms. The Hall–Kier alpha value is -1.58. The number of rotatable bonds is 2. The van der Waals surface area contributed by atoms with E-state index in [4.69, 9.17) is 5.73 Å². The van der Waals surface area contributed by atoms with Crippen molar-refractivity contribution >= 4 is 11.6 Å². The maximum absolute atomic E-state index is 10.7. The second kappa shape index (κ2) is 3.01. The van der Waals surface area contributed by atoms with Crippen molar-refractivity contribution in [2.45, 2.75) is 0 Å². The highest BCUT2D eigenvalue weighted by atomic mass is 16.1. The molecule has 4 heteroatoms. The molecule has 1 heterocycles. The molecular formula is C7H9N3O. The molecule has 3 N–H and O–H groups in total. The lowest BCUT2D eigenvalue weighted by Gasteiger charge is -2.02. The number of hydrogen-bond acceptors (Lipinski definition) is 3. The second-order valence-electron chi connectivity index (χ2n) is 2.01. The number of carbonyl (C=O) groups excluding carboxylic acids is 1. The van der Waals surface area contributed by atoms with Gasteiger partial charge in [-0.1, -0.05) is 0 Å². The number of anilines is 1. The zero-order valence-corrected chi connectivity index (χ0v) is 6.16. The van der Waals surface area contributed by atoms with Crippen LogP contribution in [0.2, 0.25) is 0 Å². The molecule has 0 unspecified atom stereocenters. The summed E-state index contributed by atoms with van der Waals surface area (Å²) in [6, 6.07) is 3.48. The number of nitrogens with two attached hydrogens (primary N) is 1. The average Bonchev–Trinajstić information content (AvgIpc) is 2.04. The summed E-state index contributed by atoms with van der Waals surface area (Å²) in [7, 11) is 1.71. The average molecular weight is 151 g/mol. The molecule has 0 radical (unpaired) electrons. The Bertz CT molecular complexity index is 272. The van der Waals surface area contributed by atoms with Gasteiger partial charge in [0.2, 0.25) is 0 Å². The van der Waals surface area contributed by atoms with E-state index in [1.165, 1.54) is 6.20 Å². The van der Waals surface area contributed by atoms with Crippen LogP contribution in [0.15, 0.2) is 18.3 Å². The van der Waals surface area contributed by atoms with E-state index < -0.39 is 5.91 Å². The third-order valence-corrected chi connectivity index (χ3v) is 1.31. The van der Waals surface area contributed by atoms with Crippen molar-refractivity contribution in [3.63, 3.8) is 0 Å². The van der Waals surface area contributed by atoms with Gasteiger partial charge in [-0.05, 0) is 12.1 Å². The molecule has 0 aliphatic carbocycles. The first-order valence-electron chi connectivity index (χ1n) is 3.18. The van der Waals surface area contributed by atoms with Crippen LogP contribution in [0.25, 0.3) is 0 Å². The molecule has 0 aromatic carbocycles. The van der Waals surface area contributed by atoms with E-state index in [0.29, 0.717) is 5.69 Å². The maximum atomic E-state index is 10.7. The largest absolute Gasteiger partial charge is 0.386 e. The minimum atomic E-state index is -0.519. The quantitative estimate of drug-likeness (QED) is 0.635. The maximum Gasteiger partial charge on any atom is 0.269 e. The molecule has 0 saturated heterocycles. The fourth-order valence-electron chi connectivity index (χ4n) is 0.803. The summed E-state index contributed by atoms with van der Waals surface area (Å²) in [5.41, 5.74) is 5.97. The van der Waals surface area contributed by atoms with Gasteiger partial charge in [-0.25, -0.2) is 4.98 Å². The Morgan fingerprint density at radius 1 is 1.73 bits per heavy atom. The number of nitrogens with zero attached hydrogens (tertiary/aromatic N) is 1. The SMILES string of the molecule is CNc1cccnc1C(N)=O. The van der Waals surface area contributed by atoms with Crippen LogP contribution in [0.4, 0.5) is 5.69 Å². The van der Waals surface area contributed by atoms with Crippen molar-refractivity contribution in [3.05, 3.63) is 24.0 Å². The van der Waals surface area contributed by atoms with Crippen LogP contribution in [0.1, 0.15) is 10.5 Å². The van der Waals surface area contributed by atoms with Crippen molar-refractivity contribution in [1.29, 1.82) is 0 Å². The smallest absolute Gasteiger partial charge is 0.269 e. The van der Waals surface area contributed by atoms with Crippen LogP contribution < -0.4 is 11.1 Å². The van der Waals surface area contributed by atoms with Gasteiger partial charge in [-0.2, -0.15) is 0 Å². The van der Waals surface area contributed by atoms with E-state index in [1.807, 2.05) is 0 Å². The third kappa shape index (κ3) is 1.46. The summed E-state index contributed by atoms with van der Waals surface area (Å²) in [4.78, 5) is 14.5. The van der Waals surface area contributed by atoms with Gasteiger partial charge >= 0.3 is 0 Å². The highest BCUT2D eigenvalue weighted by Gasteiger charge is 2.05. The third-order valence-electron chi connectivity index (χ3n) is 1.31. The standard InChI is InChI=1S/C7H9N3O/c1-9-5-3-2-4-10-6(5)7(8)11/h2-4,9H,1H3,(H2,8,11). The highest BCUT2D eigenvalue weighted by molar-refractivity contribution is 5.96. The minimum Gasteiger partial charge on any atom is -0.386 e. The molecular weight excluding hydrogens is 142 g/mol. The van der Waals surface area contributed by atoms with Crippen molar-refractivity contribution in [2.75, 3.05) is 12.4 Å². The van der Waals surface area contributed by atoms with Crippen LogP contribution in [-0.2, 0) is 0 Å². The van der Waals surface area contributed by atoms with Crippen molar-refractivity contribution in [2.24, 2.45) is 5.73 Å². The number of carbonyl (C=O) groups is 1. The first-order chi connectivity index (χ1) is 5.25. The number of pyridine rings is 1. The predicted molar refractivity (Wildman–Crippen MR) is 42.3 cm³/mol. The van der Waals surface area contributed by atoms with Crippen LogP contribution >= 0.6 is 0 Å². The molecule has 0 aliphatic heterocycles. The van der Waals surface area contributed by atoms with Gasteiger partial charge in [-0.15, -0.1) is 0 Å². The molecule has 0 aliphatic rings. The molecule has 4 nitrogen and oxygen atoms in total. The molecule has 0 bridgehead atoms. The van der Waals surface area contributed by atoms with E-state index in [-0.39, 0.29) is 5.69 Å². The Labute approximate surface area is 64.4 Å². The number of primary amides is 1. The lowest BCUT2D eigenvalue weighted by Crippen LogP contribution is -2.15. The summed E-state index contributed by atoms with van der Waals surface area (Å²) >= 11 is 0. The molecule has 0 atom stereocenters. The fraction of sp³-hybridized carbons (Fsp3) is 0.143. The number of hydrogen-bond donors (Lipinski definition) is 2. The molecule has 1 amide bonds. The van der Waals surface area contributed by atoms with Gasteiger partial charge in [0.15, 0.2) is 5.69 Å². The summed E-state index contributed by atoms with van der Waals surface area (Å²) < 4.78 is 0. The molecule has 58 valence electrons. The Kier molecular flexibility index (Phi) is 2.06. The lowest BCUT2D eigenvalue weighted by atomic mass is 10.3. The van der Waals surface area contributed by atoms with Gasteiger partial charge in [-0.3, -0.25) is 4.79 Å². The monoisotopic (exact) mass is 151 g/mol. The van der Waals surface area contributed by atoms with Gasteiger partial charge in [0.1, 0.15) is 0 Å².